The third-order valence-corrected chi connectivity index (χ3v) is 4.74. The van der Waals surface area contributed by atoms with Gasteiger partial charge in [0.25, 0.3) is 0 Å². The Balaban J connectivity index is 2.13. The molecule has 6 heteroatoms. The van der Waals surface area contributed by atoms with Crippen LogP contribution in [0.5, 0.6) is 0 Å². The van der Waals surface area contributed by atoms with Crippen LogP contribution in [-0.2, 0) is 14.3 Å². The summed E-state index contributed by atoms with van der Waals surface area (Å²) in [6.07, 6.45) is 9.88. The largest absolute Gasteiger partial charge is 0.480 e. The highest BCUT2D eigenvalue weighted by Crippen LogP contribution is 2.33. The van der Waals surface area contributed by atoms with Gasteiger partial charge in [0.1, 0.15) is 16.7 Å². The van der Waals surface area contributed by atoms with Crippen LogP contribution in [0.2, 0.25) is 0 Å². The first-order valence-corrected chi connectivity index (χ1v) is 9.31. The Bertz CT molecular complexity index is 683. The Kier molecular flexibility index (Phi) is 5.90. The van der Waals surface area contributed by atoms with Crippen molar-refractivity contribution in [3.63, 3.8) is 0 Å². The summed E-state index contributed by atoms with van der Waals surface area (Å²) in [4.78, 5) is 25.9. The molecule has 1 heterocycles. The second-order valence-corrected chi connectivity index (χ2v) is 8.83. The van der Waals surface area contributed by atoms with Gasteiger partial charge in [-0.1, -0.05) is 36.0 Å². The summed E-state index contributed by atoms with van der Waals surface area (Å²) < 4.78 is 11.4. The number of carboxylic acid groups (broad SMARTS) is 1. The molecule has 0 aromatic carbocycles. The quantitative estimate of drug-likeness (QED) is 0.791. The zero-order valence-electron chi connectivity index (χ0n) is 17.1. The topological polar surface area (TPSA) is 76.1 Å². The summed E-state index contributed by atoms with van der Waals surface area (Å²) in [5.41, 5.74) is -1.42. The minimum atomic E-state index is -1.03. The first-order valence-electron chi connectivity index (χ1n) is 9.31. The first-order chi connectivity index (χ1) is 12.3. The zero-order chi connectivity index (χ0) is 20.5. The van der Waals surface area contributed by atoms with Crippen molar-refractivity contribution in [2.24, 2.45) is 5.41 Å². The predicted molar refractivity (Wildman–Crippen MR) is 103 cm³/mol. The van der Waals surface area contributed by atoms with Gasteiger partial charge in [-0.15, -0.1) is 0 Å². The van der Waals surface area contributed by atoms with Gasteiger partial charge in [-0.2, -0.15) is 0 Å². The van der Waals surface area contributed by atoms with E-state index in [2.05, 4.69) is 0 Å². The summed E-state index contributed by atoms with van der Waals surface area (Å²) in [6, 6.07) is -0.128. The monoisotopic (exact) mass is 377 g/mol. The Morgan fingerprint density at radius 2 is 1.96 bits per heavy atom. The molecule has 0 bridgehead atoms. The molecule has 0 spiro atoms. The lowest BCUT2D eigenvalue weighted by molar-refractivity contribution is -0.142. The number of nitrogens with zero attached hydrogens (tertiary/aromatic N) is 1. The van der Waals surface area contributed by atoms with Crippen molar-refractivity contribution in [1.29, 1.82) is 0 Å². The number of rotatable bonds is 4. The molecule has 6 nitrogen and oxygen atoms in total. The second-order valence-electron chi connectivity index (χ2n) is 8.83. The highest BCUT2D eigenvalue weighted by atomic mass is 16.6. The maximum absolute atomic E-state index is 12.7. The van der Waals surface area contributed by atoms with E-state index in [0.29, 0.717) is 19.4 Å². The molecule has 2 atom stereocenters. The number of hydrogen-bond acceptors (Lipinski definition) is 4. The summed E-state index contributed by atoms with van der Waals surface area (Å²) in [5.74, 6) is -0.888. The molecule has 0 aromatic rings. The minimum absolute atomic E-state index is 0.128. The van der Waals surface area contributed by atoms with Gasteiger partial charge in [-0.3, -0.25) is 9.69 Å². The molecule has 1 aliphatic heterocycles. The van der Waals surface area contributed by atoms with E-state index < -0.39 is 28.8 Å². The van der Waals surface area contributed by atoms with Gasteiger partial charge >= 0.3 is 12.1 Å². The average Bonchev–Trinajstić information content (AvgIpc) is 2.68. The van der Waals surface area contributed by atoms with Gasteiger partial charge in [0, 0.05) is 0 Å². The standard InChI is InChI=1S/C21H31NO5/c1-19(2,3)27-18(25)22-16(14-26-20(22,4)5)11-10-15-9-7-8-12-21(6,13-15)17(23)24/h7-9,12-13,16H,10-11,14H2,1-6H3,(H,23,24)/t16-,21?/m0/s1. The third-order valence-electron chi connectivity index (χ3n) is 4.74. The van der Waals surface area contributed by atoms with Crippen molar-refractivity contribution in [3.05, 3.63) is 36.0 Å². The van der Waals surface area contributed by atoms with Crippen molar-refractivity contribution in [3.8, 4) is 0 Å². The van der Waals surface area contributed by atoms with Gasteiger partial charge in [-0.25, -0.2) is 4.79 Å². The molecule has 0 saturated carbocycles. The van der Waals surface area contributed by atoms with Crippen LogP contribution < -0.4 is 0 Å². The summed E-state index contributed by atoms with van der Waals surface area (Å²) in [6.45, 7) is 11.3. The number of carbonyl (C=O) groups excluding carboxylic acids is 1. The fourth-order valence-corrected chi connectivity index (χ4v) is 3.31. The van der Waals surface area contributed by atoms with E-state index in [0.717, 1.165) is 5.57 Å². The van der Waals surface area contributed by atoms with Gasteiger partial charge in [0.2, 0.25) is 0 Å². The molecule has 2 aliphatic rings. The highest BCUT2D eigenvalue weighted by molar-refractivity contribution is 5.79. The molecule has 1 aliphatic carbocycles. The van der Waals surface area contributed by atoms with Crippen LogP contribution in [0, 0.1) is 5.41 Å². The lowest BCUT2D eigenvalue weighted by Crippen LogP contribution is -2.49. The van der Waals surface area contributed by atoms with Crippen LogP contribution in [0.3, 0.4) is 0 Å². The van der Waals surface area contributed by atoms with E-state index in [9.17, 15) is 14.7 Å². The fraction of sp³-hybridized carbons (Fsp3) is 0.619. The molecule has 1 saturated heterocycles. The van der Waals surface area contributed by atoms with Gasteiger partial charge in [0.05, 0.1) is 12.6 Å². The average molecular weight is 377 g/mol. The van der Waals surface area contributed by atoms with Crippen molar-refractivity contribution in [1.82, 2.24) is 4.90 Å². The number of carbonyl (C=O) groups is 2. The fourth-order valence-electron chi connectivity index (χ4n) is 3.31. The molecule has 1 N–H and O–H groups in total. The number of carboxylic acids is 1. The molecule has 0 radical (unpaired) electrons. The molecule has 2 rings (SSSR count). The number of aliphatic carboxylic acids is 1. The molecule has 1 amide bonds. The van der Waals surface area contributed by atoms with Crippen LogP contribution in [0.15, 0.2) is 36.0 Å². The summed E-state index contributed by atoms with van der Waals surface area (Å²) >= 11 is 0. The lowest BCUT2D eigenvalue weighted by Gasteiger charge is -2.35. The Morgan fingerprint density at radius 3 is 2.56 bits per heavy atom. The second kappa shape index (κ2) is 7.50. The Morgan fingerprint density at radius 1 is 1.30 bits per heavy atom. The van der Waals surface area contributed by atoms with E-state index >= 15 is 0 Å². The SMILES string of the molecule is CC(C)(C)OC(=O)N1[C@@H](CCC2=CC(C)(C(=O)O)C=CC=C2)COC1(C)C. The van der Waals surface area contributed by atoms with Crippen LogP contribution in [0.4, 0.5) is 4.79 Å². The smallest absolute Gasteiger partial charge is 0.412 e. The van der Waals surface area contributed by atoms with Crippen molar-refractivity contribution in [2.75, 3.05) is 6.61 Å². The number of amides is 1. The number of hydrogen-bond donors (Lipinski definition) is 1. The third kappa shape index (κ3) is 5.22. The van der Waals surface area contributed by atoms with Crippen molar-refractivity contribution < 1.29 is 24.2 Å². The van der Waals surface area contributed by atoms with Gasteiger partial charge < -0.3 is 14.6 Å². The number of allylic oxidation sites excluding steroid dienone is 4. The lowest BCUT2D eigenvalue weighted by atomic mass is 9.87. The molecule has 27 heavy (non-hydrogen) atoms. The Labute approximate surface area is 161 Å². The first kappa shape index (κ1) is 21.2. The van der Waals surface area contributed by atoms with E-state index in [4.69, 9.17) is 9.47 Å². The van der Waals surface area contributed by atoms with Gasteiger partial charge in [0.15, 0.2) is 0 Å². The van der Waals surface area contributed by atoms with Gasteiger partial charge in [-0.05, 0) is 54.4 Å². The van der Waals surface area contributed by atoms with E-state index in [1.807, 2.05) is 46.8 Å². The van der Waals surface area contributed by atoms with E-state index in [1.165, 1.54) is 0 Å². The van der Waals surface area contributed by atoms with Crippen LogP contribution in [0.1, 0.15) is 54.4 Å². The molecule has 1 unspecified atom stereocenters. The predicted octanol–water partition coefficient (Wildman–Crippen LogP) is 4.28. The van der Waals surface area contributed by atoms with Crippen LogP contribution in [-0.4, -0.2) is 46.0 Å². The maximum atomic E-state index is 12.7. The highest BCUT2D eigenvalue weighted by Gasteiger charge is 2.45. The van der Waals surface area contributed by atoms with Crippen LogP contribution in [0.25, 0.3) is 0 Å². The van der Waals surface area contributed by atoms with Crippen molar-refractivity contribution >= 4 is 12.1 Å². The molecule has 1 fully saturated rings. The summed E-state index contributed by atoms with van der Waals surface area (Å²) in [7, 11) is 0. The number of ether oxygens (including phenoxy) is 2. The molecule has 0 aromatic heterocycles. The summed E-state index contributed by atoms with van der Waals surface area (Å²) in [5, 5.41) is 9.50. The van der Waals surface area contributed by atoms with E-state index in [1.54, 1.807) is 30.1 Å². The maximum Gasteiger partial charge on any atom is 0.412 e. The molecule has 150 valence electrons. The molecular formula is C21H31NO5. The zero-order valence-corrected chi connectivity index (χ0v) is 17.1. The van der Waals surface area contributed by atoms with Crippen molar-refractivity contribution in [2.45, 2.75) is 71.8 Å². The van der Waals surface area contributed by atoms with E-state index in [-0.39, 0.29) is 6.04 Å². The minimum Gasteiger partial charge on any atom is -0.480 e. The molecular weight excluding hydrogens is 346 g/mol. The van der Waals surface area contributed by atoms with Crippen LogP contribution >= 0.6 is 0 Å². The Hall–Kier alpha value is -2.08. The normalized spacial score (nSPS) is 27.3.